The van der Waals surface area contributed by atoms with Crippen LogP contribution in [-0.2, 0) is 0 Å². The third-order valence-corrected chi connectivity index (χ3v) is 1.43. The van der Waals surface area contributed by atoms with Gasteiger partial charge in [0.25, 0.3) is 0 Å². The molecule has 0 nitrogen and oxygen atoms in total. The molecule has 0 fully saturated rings. The van der Waals surface area contributed by atoms with Gasteiger partial charge in [0.15, 0.2) is 0 Å². The zero-order valence-corrected chi connectivity index (χ0v) is 6.74. The van der Waals surface area contributed by atoms with Crippen LogP contribution < -0.4 is 0 Å². The second-order valence-corrected chi connectivity index (χ2v) is 3.01. The lowest BCUT2D eigenvalue weighted by Crippen LogP contribution is -1.81. The summed E-state index contributed by atoms with van der Waals surface area (Å²) < 4.78 is -0.0656. The molecule has 0 aromatic carbocycles. The Labute approximate surface area is 61.7 Å². The highest BCUT2D eigenvalue weighted by atomic mass is 79.9. The van der Waals surface area contributed by atoms with E-state index in [2.05, 4.69) is 15.9 Å². The average Bonchev–Trinajstić information content (AvgIpc) is 1.38. The second-order valence-electron chi connectivity index (χ2n) is 0.545. The Kier molecular flexibility index (Phi) is 11.0. The molecule has 0 aliphatic carbocycles. The Balaban J connectivity index is 0. The standard InChI is InChI=1S/C2H3BrCl2.ClH/c3-2(5)1-4;/h2H,1H2;1H. The highest BCUT2D eigenvalue weighted by Gasteiger charge is 1.88. The molecule has 0 saturated carbocycles. The zero-order chi connectivity index (χ0) is 4.28. The molecule has 0 saturated heterocycles. The molecule has 0 bridgehead atoms. The van der Waals surface area contributed by atoms with Gasteiger partial charge < -0.3 is 0 Å². The molecule has 1 atom stereocenters. The van der Waals surface area contributed by atoms with E-state index in [1.807, 2.05) is 0 Å². The first-order valence-corrected chi connectivity index (χ1v) is 3.00. The quantitative estimate of drug-likeness (QED) is 0.589. The Morgan fingerprint density at radius 3 is 1.83 bits per heavy atom. The van der Waals surface area contributed by atoms with Gasteiger partial charge in [-0.3, -0.25) is 0 Å². The molecule has 0 aliphatic rings. The summed E-state index contributed by atoms with van der Waals surface area (Å²) in [5, 5.41) is 0. The van der Waals surface area contributed by atoms with E-state index in [0.29, 0.717) is 5.88 Å². The molecule has 1 unspecified atom stereocenters. The second kappa shape index (κ2) is 6.35. The summed E-state index contributed by atoms with van der Waals surface area (Å²) in [6.45, 7) is 0. The van der Waals surface area contributed by atoms with E-state index in [9.17, 15) is 0 Å². The predicted octanol–water partition coefficient (Wildman–Crippen LogP) is 2.61. The highest BCUT2D eigenvalue weighted by molar-refractivity contribution is 9.10. The smallest absolute Gasteiger partial charge is 0.102 e. The summed E-state index contributed by atoms with van der Waals surface area (Å²) in [4.78, 5) is 0. The lowest BCUT2D eigenvalue weighted by atomic mass is 11.0. The molecule has 0 aliphatic heterocycles. The van der Waals surface area contributed by atoms with Crippen LogP contribution in [0.5, 0.6) is 0 Å². The van der Waals surface area contributed by atoms with Crippen LogP contribution in [-0.4, -0.2) is 10.2 Å². The van der Waals surface area contributed by atoms with Gasteiger partial charge in [0.1, 0.15) is 4.29 Å². The van der Waals surface area contributed by atoms with E-state index in [0.717, 1.165) is 0 Å². The number of hydrogen-bond donors (Lipinski definition) is 0. The first kappa shape index (κ1) is 10.4. The zero-order valence-electron chi connectivity index (χ0n) is 2.83. The molecular weight excluding hydrogens is 210 g/mol. The Morgan fingerprint density at radius 1 is 1.67 bits per heavy atom. The van der Waals surface area contributed by atoms with Crippen molar-refractivity contribution in [3.05, 3.63) is 0 Å². The minimum Gasteiger partial charge on any atom is -0.147 e. The van der Waals surface area contributed by atoms with Gasteiger partial charge >= 0.3 is 0 Å². The molecule has 0 N–H and O–H groups in total. The number of hydrogen-bond acceptors (Lipinski definition) is 0. The van der Waals surface area contributed by atoms with Crippen molar-refractivity contribution in [2.24, 2.45) is 0 Å². The van der Waals surface area contributed by atoms with Gasteiger partial charge in [-0.1, -0.05) is 15.9 Å². The van der Waals surface area contributed by atoms with Gasteiger partial charge in [0.05, 0.1) is 0 Å². The molecule has 0 aromatic rings. The lowest BCUT2D eigenvalue weighted by Gasteiger charge is -1.83. The first-order valence-electron chi connectivity index (χ1n) is 1.11. The molecule has 4 heteroatoms. The van der Waals surface area contributed by atoms with Gasteiger partial charge in [-0.2, -0.15) is 0 Å². The van der Waals surface area contributed by atoms with Gasteiger partial charge in [0, 0.05) is 5.88 Å². The Hall–Kier alpha value is 1.35. The van der Waals surface area contributed by atoms with Crippen LogP contribution >= 0.6 is 51.5 Å². The summed E-state index contributed by atoms with van der Waals surface area (Å²) in [5.41, 5.74) is 0. The SMILES string of the molecule is Cl.ClCC(Cl)Br. The lowest BCUT2D eigenvalue weighted by molar-refractivity contribution is 1.45. The fourth-order valence-electron chi connectivity index (χ4n) is 0. The molecule has 0 aromatic heterocycles. The van der Waals surface area contributed by atoms with Crippen LogP contribution in [0.15, 0.2) is 0 Å². The fourth-order valence-corrected chi connectivity index (χ4v) is 0. The van der Waals surface area contributed by atoms with Crippen molar-refractivity contribution in [3.8, 4) is 0 Å². The normalized spacial score (nSPS) is 12.5. The fraction of sp³-hybridized carbons (Fsp3) is 1.00. The molecule has 6 heavy (non-hydrogen) atoms. The predicted molar refractivity (Wildman–Crippen MR) is 36.5 cm³/mol. The van der Waals surface area contributed by atoms with Crippen LogP contribution in [0.1, 0.15) is 0 Å². The van der Waals surface area contributed by atoms with E-state index in [1.54, 1.807) is 0 Å². The maximum Gasteiger partial charge on any atom is 0.102 e. The highest BCUT2D eigenvalue weighted by Crippen LogP contribution is 2.04. The summed E-state index contributed by atoms with van der Waals surface area (Å²) >= 11 is 13.4. The summed E-state index contributed by atoms with van der Waals surface area (Å²) in [6.07, 6.45) is 0. The van der Waals surface area contributed by atoms with Crippen LogP contribution in [0.4, 0.5) is 0 Å². The topological polar surface area (TPSA) is 0 Å². The van der Waals surface area contributed by atoms with Crippen LogP contribution in [0, 0.1) is 0 Å². The third kappa shape index (κ3) is 9.02. The maximum absolute atomic E-state index is 5.25. The van der Waals surface area contributed by atoms with Gasteiger partial charge in [-0.05, 0) is 0 Å². The summed E-state index contributed by atoms with van der Waals surface area (Å²) in [5.74, 6) is 0.460. The number of alkyl halides is 3. The van der Waals surface area contributed by atoms with E-state index >= 15 is 0 Å². The number of halogens is 4. The summed E-state index contributed by atoms with van der Waals surface area (Å²) in [6, 6.07) is 0. The first-order chi connectivity index (χ1) is 2.27. The van der Waals surface area contributed by atoms with Crippen molar-refractivity contribution in [2.75, 3.05) is 5.88 Å². The Bertz CT molecular complexity index is 22.8. The van der Waals surface area contributed by atoms with Gasteiger partial charge in [-0.25, -0.2) is 0 Å². The molecule has 0 spiro atoms. The monoisotopic (exact) mass is 212 g/mol. The van der Waals surface area contributed by atoms with Crippen molar-refractivity contribution in [2.45, 2.75) is 4.29 Å². The molecule has 0 amide bonds. The molecule has 40 valence electrons. The van der Waals surface area contributed by atoms with Gasteiger partial charge in [-0.15, -0.1) is 35.6 Å². The van der Waals surface area contributed by atoms with Crippen molar-refractivity contribution in [3.63, 3.8) is 0 Å². The minimum atomic E-state index is -0.0656. The molecule has 0 rings (SSSR count). The van der Waals surface area contributed by atoms with E-state index in [4.69, 9.17) is 23.2 Å². The molecule has 0 heterocycles. The molecule has 0 radical (unpaired) electrons. The van der Waals surface area contributed by atoms with E-state index < -0.39 is 0 Å². The van der Waals surface area contributed by atoms with Crippen molar-refractivity contribution in [1.29, 1.82) is 0 Å². The largest absolute Gasteiger partial charge is 0.147 e. The summed E-state index contributed by atoms with van der Waals surface area (Å²) in [7, 11) is 0. The average molecular weight is 214 g/mol. The van der Waals surface area contributed by atoms with Crippen LogP contribution in [0.2, 0.25) is 0 Å². The van der Waals surface area contributed by atoms with Gasteiger partial charge in [0.2, 0.25) is 0 Å². The minimum absolute atomic E-state index is 0. The third-order valence-electron chi connectivity index (χ3n) is 0.117. The van der Waals surface area contributed by atoms with Crippen LogP contribution in [0.25, 0.3) is 0 Å². The van der Waals surface area contributed by atoms with E-state index in [-0.39, 0.29) is 16.7 Å². The molecular formula is C2H4BrCl3. The Morgan fingerprint density at radius 2 is 1.83 bits per heavy atom. The van der Waals surface area contributed by atoms with Crippen LogP contribution in [0.3, 0.4) is 0 Å². The van der Waals surface area contributed by atoms with Crippen molar-refractivity contribution >= 4 is 51.5 Å². The maximum atomic E-state index is 5.25. The van der Waals surface area contributed by atoms with Crippen molar-refractivity contribution in [1.82, 2.24) is 0 Å². The van der Waals surface area contributed by atoms with E-state index in [1.165, 1.54) is 0 Å². The number of rotatable bonds is 1. The van der Waals surface area contributed by atoms with Crippen molar-refractivity contribution < 1.29 is 0 Å².